The van der Waals surface area contributed by atoms with E-state index in [2.05, 4.69) is 14.7 Å². The smallest absolute Gasteiger partial charge is 0.300 e. The van der Waals surface area contributed by atoms with Crippen LogP contribution in [-0.4, -0.2) is 21.8 Å². The van der Waals surface area contributed by atoms with Gasteiger partial charge in [-0.15, -0.1) is 0 Å². The summed E-state index contributed by atoms with van der Waals surface area (Å²) in [5.41, 5.74) is -0.275. The van der Waals surface area contributed by atoms with Gasteiger partial charge < -0.3 is 4.52 Å². The molecular formula is C11H5ClFN3O3. The maximum atomic E-state index is 13.8. The first-order chi connectivity index (χ1) is 9.09. The van der Waals surface area contributed by atoms with Crippen LogP contribution in [0.5, 0.6) is 0 Å². The van der Waals surface area contributed by atoms with Crippen molar-refractivity contribution < 1.29 is 18.5 Å². The number of nitrogens with zero attached hydrogens (tertiary/aromatic N) is 3. The number of fused-ring (bicyclic) bond motifs is 1. The minimum Gasteiger partial charge on any atom is -0.343 e. The molecule has 0 spiro atoms. The highest BCUT2D eigenvalue weighted by molar-refractivity contribution is 6.55. The highest BCUT2D eigenvalue weighted by atomic mass is 35.5. The van der Waals surface area contributed by atoms with E-state index in [9.17, 15) is 14.0 Å². The fraction of sp³-hybridized carbons (Fsp3) is 0.0909. The van der Waals surface area contributed by atoms with Crippen molar-refractivity contribution >= 4 is 29.0 Å². The minimum absolute atomic E-state index is 0.0327. The molecule has 0 unspecified atom stereocenters. The maximum absolute atomic E-state index is 13.8. The SMILES string of the molecule is O=C1C(=O)N(Cc2ncon2)c2c(F)ccc(Cl)c21. The zero-order valence-electron chi connectivity index (χ0n) is 9.26. The molecule has 0 fully saturated rings. The molecule has 2 aromatic rings. The fourth-order valence-electron chi connectivity index (χ4n) is 1.91. The Kier molecular flexibility index (Phi) is 2.56. The molecule has 0 saturated carbocycles. The van der Waals surface area contributed by atoms with E-state index in [1.165, 1.54) is 6.07 Å². The molecule has 3 rings (SSSR count). The third-order valence-corrected chi connectivity index (χ3v) is 3.04. The topological polar surface area (TPSA) is 76.3 Å². The van der Waals surface area contributed by atoms with E-state index < -0.39 is 17.5 Å². The highest BCUT2D eigenvalue weighted by Gasteiger charge is 2.40. The predicted molar refractivity (Wildman–Crippen MR) is 61.2 cm³/mol. The van der Waals surface area contributed by atoms with E-state index in [-0.39, 0.29) is 28.6 Å². The van der Waals surface area contributed by atoms with Crippen molar-refractivity contribution in [1.29, 1.82) is 0 Å². The van der Waals surface area contributed by atoms with Crippen LogP contribution in [0, 0.1) is 5.82 Å². The first-order valence-corrected chi connectivity index (χ1v) is 5.57. The summed E-state index contributed by atoms with van der Waals surface area (Å²) >= 11 is 5.83. The van der Waals surface area contributed by atoms with E-state index in [4.69, 9.17) is 11.6 Å². The Morgan fingerprint density at radius 3 is 2.84 bits per heavy atom. The number of halogens is 2. The van der Waals surface area contributed by atoms with Gasteiger partial charge in [0.1, 0.15) is 5.82 Å². The van der Waals surface area contributed by atoms with Crippen molar-refractivity contribution in [3.05, 3.63) is 40.8 Å². The summed E-state index contributed by atoms with van der Waals surface area (Å²) in [7, 11) is 0. The summed E-state index contributed by atoms with van der Waals surface area (Å²) in [5, 5.41) is 3.55. The van der Waals surface area contributed by atoms with Gasteiger partial charge in [-0.3, -0.25) is 14.5 Å². The number of hydrogen-bond acceptors (Lipinski definition) is 5. The first kappa shape index (κ1) is 11.8. The van der Waals surface area contributed by atoms with Crippen LogP contribution < -0.4 is 4.90 Å². The fourth-order valence-corrected chi connectivity index (χ4v) is 2.14. The lowest BCUT2D eigenvalue weighted by Gasteiger charge is -2.14. The minimum atomic E-state index is -0.869. The van der Waals surface area contributed by atoms with Gasteiger partial charge in [-0.05, 0) is 12.1 Å². The third-order valence-electron chi connectivity index (χ3n) is 2.72. The van der Waals surface area contributed by atoms with Gasteiger partial charge >= 0.3 is 0 Å². The number of benzene rings is 1. The van der Waals surface area contributed by atoms with Crippen molar-refractivity contribution in [2.75, 3.05) is 4.90 Å². The van der Waals surface area contributed by atoms with Crippen LogP contribution in [0.3, 0.4) is 0 Å². The molecule has 96 valence electrons. The van der Waals surface area contributed by atoms with E-state index >= 15 is 0 Å². The van der Waals surface area contributed by atoms with Gasteiger partial charge in [-0.1, -0.05) is 16.8 Å². The van der Waals surface area contributed by atoms with Crippen LogP contribution in [-0.2, 0) is 11.3 Å². The molecule has 1 aromatic heterocycles. The monoisotopic (exact) mass is 281 g/mol. The average Bonchev–Trinajstić information content (AvgIpc) is 2.97. The molecule has 0 bridgehead atoms. The molecule has 1 aliphatic rings. The summed E-state index contributed by atoms with van der Waals surface area (Å²) in [6.45, 7) is -0.161. The predicted octanol–water partition coefficient (Wildman–Crippen LogP) is 1.59. The van der Waals surface area contributed by atoms with E-state index in [1.54, 1.807) is 0 Å². The number of aromatic nitrogens is 2. The average molecular weight is 282 g/mol. The molecule has 0 N–H and O–H groups in total. The molecule has 0 radical (unpaired) electrons. The van der Waals surface area contributed by atoms with Crippen molar-refractivity contribution in [2.45, 2.75) is 6.54 Å². The summed E-state index contributed by atoms with van der Waals surface area (Å²) in [4.78, 5) is 28.3. The third kappa shape index (κ3) is 1.70. The molecule has 0 atom stereocenters. The van der Waals surface area contributed by atoms with Gasteiger partial charge in [-0.25, -0.2) is 4.39 Å². The van der Waals surface area contributed by atoms with E-state index in [0.717, 1.165) is 17.4 Å². The molecule has 19 heavy (non-hydrogen) atoms. The van der Waals surface area contributed by atoms with Crippen molar-refractivity contribution in [2.24, 2.45) is 0 Å². The lowest BCUT2D eigenvalue weighted by Crippen LogP contribution is -2.30. The summed E-state index contributed by atoms with van der Waals surface area (Å²) < 4.78 is 18.4. The van der Waals surface area contributed by atoms with Crippen LogP contribution in [0.2, 0.25) is 5.02 Å². The van der Waals surface area contributed by atoms with Crippen LogP contribution in [0.25, 0.3) is 0 Å². The Morgan fingerprint density at radius 2 is 2.16 bits per heavy atom. The molecule has 6 nitrogen and oxygen atoms in total. The summed E-state index contributed by atoms with van der Waals surface area (Å²) in [6.07, 6.45) is 1.08. The second kappa shape index (κ2) is 4.13. The molecule has 1 amide bonds. The van der Waals surface area contributed by atoms with Gasteiger partial charge in [0.15, 0.2) is 5.82 Å². The van der Waals surface area contributed by atoms with Crippen LogP contribution in [0.1, 0.15) is 16.2 Å². The highest BCUT2D eigenvalue weighted by Crippen LogP contribution is 2.37. The first-order valence-electron chi connectivity index (χ1n) is 5.19. The van der Waals surface area contributed by atoms with Gasteiger partial charge in [0, 0.05) is 0 Å². The van der Waals surface area contributed by atoms with E-state index in [0.29, 0.717) is 0 Å². The second-order valence-corrected chi connectivity index (χ2v) is 4.23. The molecule has 1 aromatic carbocycles. The lowest BCUT2D eigenvalue weighted by molar-refractivity contribution is -0.114. The van der Waals surface area contributed by atoms with E-state index in [1.807, 2.05) is 0 Å². The summed E-state index contributed by atoms with van der Waals surface area (Å²) in [5.74, 6) is -2.26. The van der Waals surface area contributed by atoms with Crippen LogP contribution in [0.4, 0.5) is 10.1 Å². The van der Waals surface area contributed by atoms with Crippen molar-refractivity contribution in [3.8, 4) is 0 Å². The Hall–Kier alpha value is -2.28. The van der Waals surface area contributed by atoms with Gasteiger partial charge in [0.05, 0.1) is 22.8 Å². The molecule has 8 heteroatoms. The van der Waals surface area contributed by atoms with Crippen molar-refractivity contribution in [1.82, 2.24) is 10.1 Å². The second-order valence-electron chi connectivity index (χ2n) is 3.82. The molecule has 1 aliphatic heterocycles. The zero-order chi connectivity index (χ0) is 13.6. The van der Waals surface area contributed by atoms with Gasteiger partial charge in [0.25, 0.3) is 11.7 Å². The Bertz CT molecular complexity index is 687. The number of hydrogen-bond donors (Lipinski definition) is 0. The molecular weight excluding hydrogens is 277 g/mol. The van der Waals surface area contributed by atoms with Gasteiger partial charge in [0.2, 0.25) is 6.39 Å². The Balaban J connectivity index is 2.12. The molecule has 0 saturated heterocycles. The quantitative estimate of drug-likeness (QED) is 0.781. The molecule has 2 heterocycles. The summed E-state index contributed by atoms with van der Waals surface area (Å²) in [6, 6.07) is 2.33. The number of amides is 1. The zero-order valence-corrected chi connectivity index (χ0v) is 10.0. The number of ketones is 1. The lowest BCUT2D eigenvalue weighted by atomic mass is 10.1. The number of carbonyl (C=O) groups is 2. The van der Waals surface area contributed by atoms with Crippen molar-refractivity contribution in [3.63, 3.8) is 0 Å². The van der Waals surface area contributed by atoms with Gasteiger partial charge in [-0.2, -0.15) is 4.98 Å². The normalized spacial score (nSPS) is 14.1. The number of anilines is 1. The standard InChI is InChI=1S/C11H5ClFN3O3/c12-5-1-2-6(13)9-8(5)10(17)11(18)16(9)3-7-14-4-19-15-7/h1-2,4H,3H2. The Labute approximate surface area is 110 Å². The molecule has 0 aliphatic carbocycles. The maximum Gasteiger partial charge on any atom is 0.300 e. The number of Topliss-reactive ketones (excluding diaryl/α,β-unsaturated/α-hetero) is 1. The largest absolute Gasteiger partial charge is 0.343 e. The Morgan fingerprint density at radius 1 is 1.37 bits per heavy atom. The number of carbonyl (C=O) groups excluding carboxylic acids is 2. The van der Waals surface area contributed by atoms with Crippen LogP contribution >= 0.6 is 11.6 Å². The number of rotatable bonds is 2. The van der Waals surface area contributed by atoms with Crippen LogP contribution in [0.15, 0.2) is 23.0 Å².